The van der Waals surface area contributed by atoms with Gasteiger partial charge in [0.25, 0.3) is 0 Å². The lowest BCUT2D eigenvalue weighted by Crippen LogP contribution is -2.67. The van der Waals surface area contributed by atoms with Crippen molar-refractivity contribution in [3.05, 3.63) is 70.3 Å². The van der Waals surface area contributed by atoms with Gasteiger partial charge in [0.2, 0.25) is 5.78 Å². The number of amides is 1. The average molecular weight is 574 g/mol. The van der Waals surface area contributed by atoms with Gasteiger partial charge in [-0.1, -0.05) is 38.1 Å². The molecule has 2 aromatic heterocycles. The van der Waals surface area contributed by atoms with Crippen molar-refractivity contribution in [3.63, 3.8) is 0 Å². The van der Waals surface area contributed by atoms with Gasteiger partial charge in [-0.2, -0.15) is 0 Å². The summed E-state index contributed by atoms with van der Waals surface area (Å²) in [6.07, 6.45) is 14.9. The summed E-state index contributed by atoms with van der Waals surface area (Å²) < 4.78 is 12.2. The monoisotopic (exact) mass is 573 g/mol. The summed E-state index contributed by atoms with van der Waals surface area (Å²) in [5, 5.41) is 12.9. The number of thiophene rings is 1. The molecule has 6 aliphatic carbocycles. The van der Waals surface area contributed by atoms with E-state index < -0.39 is 11.0 Å². The highest BCUT2D eigenvalue weighted by Crippen LogP contribution is 2.79. The third-order valence-corrected chi connectivity index (χ3v) is 13.8. The molecule has 216 valence electrons. The molecule has 3 spiro atoms. The van der Waals surface area contributed by atoms with Crippen molar-refractivity contribution < 1.29 is 23.8 Å². The van der Waals surface area contributed by atoms with E-state index in [-0.39, 0.29) is 46.1 Å². The first-order valence-electron chi connectivity index (χ1n) is 15.4. The molecular weight excluding hydrogens is 534 g/mol. The summed E-state index contributed by atoms with van der Waals surface area (Å²) in [4.78, 5) is 30.9. The SMILES string of the molecule is CC12CCC(O)CC13C=CC1(C(C(=O)c4ccco4)=C3)C2CCC2(C)C1CCC21CN(CCc2cccs2)C(=O)O1. The van der Waals surface area contributed by atoms with Crippen LogP contribution in [-0.4, -0.2) is 46.7 Å². The fourth-order valence-corrected chi connectivity index (χ4v) is 11.5. The Morgan fingerprint density at radius 1 is 1.07 bits per heavy atom. The maximum atomic E-state index is 14.3. The summed E-state index contributed by atoms with van der Waals surface area (Å²) in [7, 11) is 0. The van der Waals surface area contributed by atoms with E-state index in [2.05, 4.69) is 49.6 Å². The number of aliphatic hydroxyl groups is 1. The molecule has 7 heteroatoms. The number of furan rings is 1. The Bertz CT molecular complexity index is 1460. The summed E-state index contributed by atoms with van der Waals surface area (Å²) in [5.74, 6) is 0.803. The van der Waals surface area contributed by atoms with Gasteiger partial charge in [-0.15, -0.1) is 11.3 Å². The van der Waals surface area contributed by atoms with Gasteiger partial charge in [0.15, 0.2) is 5.76 Å². The van der Waals surface area contributed by atoms with Crippen LogP contribution in [0, 0.1) is 33.5 Å². The molecule has 2 aromatic rings. The molecule has 4 fully saturated rings. The molecule has 1 N–H and O–H groups in total. The Labute approximate surface area is 245 Å². The van der Waals surface area contributed by atoms with Crippen LogP contribution in [0.5, 0.6) is 0 Å². The quantitative estimate of drug-likeness (QED) is 0.314. The molecule has 1 aliphatic heterocycles. The molecule has 3 saturated carbocycles. The molecule has 8 unspecified atom stereocenters. The molecule has 7 aliphatic rings. The number of rotatable bonds is 5. The standard InChI is InChI=1S/C34H39NO5S/c1-30-11-7-22(36)19-32(30)14-15-34(24(20-32)28(37)25-6-3-17-39-25)26(30)8-12-31(2)27(34)9-13-33(31)21-35(29(38)40-33)16-10-23-5-4-18-41-23/h3-6,14-15,17-18,20,22,26-27,36H,7-13,16,19,21H2,1-2H3. The lowest BCUT2D eigenvalue weighted by atomic mass is 9.32. The zero-order chi connectivity index (χ0) is 28.3. The van der Waals surface area contributed by atoms with Crippen LogP contribution in [-0.2, 0) is 11.2 Å². The van der Waals surface area contributed by atoms with E-state index in [4.69, 9.17) is 9.15 Å². The number of hydrogen-bond donors (Lipinski definition) is 1. The molecule has 9 rings (SSSR count). The van der Waals surface area contributed by atoms with Crippen molar-refractivity contribution in [3.8, 4) is 0 Å². The third kappa shape index (κ3) is 3.17. The highest BCUT2D eigenvalue weighted by atomic mass is 32.1. The Hall–Kier alpha value is -2.64. The second kappa shape index (κ2) is 8.47. The average Bonchev–Trinajstić information content (AvgIpc) is 3.76. The van der Waals surface area contributed by atoms with Crippen LogP contribution in [0.1, 0.15) is 74.2 Å². The van der Waals surface area contributed by atoms with Gasteiger partial charge in [-0.05, 0) is 92.2 Å². The number of fused-ring (bicyclic) bond motifs is 2. The lowest BCUT2D eigenvalue weighted by Gasteiger charge is -2.71. The molecule has 1 saturated heterocycles. The first kappa shape index (κ1) is 26.0. The number of hydrogen-bond acceptors (Lipinski definition) is 6. The summed E-state index contributed by atoms with van der Waals surface area (Å²) in [6.45, 7) is 6.05. The topological polar surface area (TPSA) is 80.0 Å². The molecule has 8 atom stereocenters. The Morgan fingerprint density at radius 2 is 1.88 bits per heavy atom. The van der Waals surface area contributed by atoms with Crippen molar-refractivity contribution in [2.75, 3.05) is 13.1 Å². The lowest BCUT2D eigenvalue weighted by molar-refractivity contribution is -0.164. The number of carbonyl (C=O) groups is 2. The van der Waals surface area contributed by atoms with Gasteiger partial charge >= 0.3 is 6.09 Å². The molecule has 1 amide bonds. The molecule has 3 heterocycles. The first-order chi connectivity index (χ1) is 19.7. The predicted octanol–water partition coefficient (Wildman–Crippen LogP) is 6.82. The Kier molecular flexibility index (Phi) is 5.38. The van der Waals surface area contributed by atoms with E-state index >= 15 is 0 Å². The van der Waals surface area contributed by atoms with Crippen molar-refractivity contribution in [2.24, 2.45) is 33.5 Å². The number of Topliss-reactive ketones (excluding diaryl/α,β-unsaturated/α-hetero) is 1. The van der Waals surface area contributed by atoms with Crippen molar-refractivity contribution in [1.82, 2.24) is 4.90 Å². The number of carbonyl (C=O) groups excluding carboxylic acids is 2. The molecule has 0 radical (unpaired) electrons. The molecule has 2 bridgehead atoms. The van der Waals surface area contributed by atoms with Crippen LogP contribution in [0.15, 0.2) is 64.1 Å². The minimum absolute atomic E-state index is 0.0305. The summed E-state index contributed by atoms with van der Waals surface area (Å²) in [5.41, 5.74) is -0.784. The molecule has 0 aromatic carbocycles. The van der Waals surface area contributed by atoms with Crippen LogP contribution in [0.2, 0.25) is 0 Å². The van der Waals surface area contributed by atoms with Crippen molar-refractivity contribution in [2.45, 2.75) is 76.9 Å². The van der Waals surface area contributed by atoms with Crippen LogP contribution in [0.3, 0.4) is 0 Å². The van der Waals surface area contributed by atoms with Crippen LogP contribution >= 0.6 is 11.3 Å². The molecule has 6 nitrogen and oxygen atoms in total. The largest absolute Gasteiger partial charge is 0.461 e. The predicted molar refractivity (Wildman–Crippen MR) is 155 cm³/mol. The van der Waals surface area contributed by atoms with Gasteiger partial charge in [0.05, 0.1) is 18.9 Å². The second-order valence-corrected chi connectivity index (χ2v) is 15.2. The van der Waals surface area contributed by atoms with E-state index in [0.29, 0.717) is 25.3 Å². The number of aliphatic hydroxyl groups excluding tert-OH is 1. The van der Waals surface area contributed by atoms with Gasteiger partial charge in [-0.3, -0.25) is 4.79 Å². The van der Waals surface area contributed by atoms with E-state index in [1.165, 1.54) is 4.88 Å². The van der Waals surface area contributed by atoms with E-state index in [0.717, 1.165) is 50.5 Å². The third-order valence-electron chi connectivity index (χ3n) is 12.9. The number of ether oxygens (including phenoxy) is 1. The Morgan fingerprint density at radius 3 is 2.66 bits per heavy atom. The zero-order valence-electron chi connectivity index (χ0n) is 23.9. The molecule has 41 heavy (non-hydrogen) atoms. The van der Waals surface area contributed by atoms with Crippen LogP contribution < -0.4 is 0 Å². The van der Waals surface area contributed by atoms with E-state index in [1.807, 2.05) is 4.90 Å². The Balaban J connectivity index is 1.21. The maximum absolute atomic E-state index is 14.3. The van der Waals surface area contributed by atoms with Crippen molar-refractivity contribution in [1.29, 1.82) is 0 Å². The van der Waals surface area contributed by atoms with E-state index in [9.17, 15) is 14.7 Å². The van der Waals surface area contributed by atoms with Gasteiger partial charge in [0, 0.05) is 33.2 Å². The second-order valence-electron chi connectivity index (χ2n) is 14.2. The minimum atomic E-state index is -0.549. The summed E-state index contributed by atoms with van der Waals surface area (Å²) >= 11 is 1.73. The van der Waals surface area contributed by atoms with Gasteiger partial charge in [-0.25, -0.2) is 4.79 Å². The van der Waals surface area contributed by atoms with Crippen LogP contribution in [0.25, 0.3) is 0 Å². The minimum Gasteiger partial charge on any atom is -0.461 e. The van der Waals surface area contributed by atoms with Gasteiger partial charge < -0.3 is 19.2 Å². The van der Waals surface area contributed by atoms with Gasteiger partial charge in [0.1, 0.15) is 5.60 Å². The summed E-state index contributed by atoms with van der Waals surface area (Å²) in [6, 6.07) is 7.74. The maximum Gasteiger partial charge on any atom is 0.410 e. The number of allylic oxidation sites excluding steroid dienone is 4. The zero-order valence-corrected chi connectivity index (χ0v) is 24.8. The highest BCUT2D eigenvalue weighted by molar-refractivity contribution is 7.09. The number of ketones is 1. The molecular formula is C34H39NO5S. The smallest absolute Gasteiger partial charge is 0.410 e. The first-order valence-corrected chi connectivity index (χ1v) is 16.2. The van der Waals surface area contributed by atoms with Crippen molar-refractivity contribution >= 4 is 23.2 Å². The number of nitrogens with zero attached hydrogens (tertiary/aromatic N) is 1. The normalized spacial score (nSPS) is 44.0. The highest BCUT2D eigenvalue weighted by Gasteiger charge is 2.76. The fourth-order valence-electron chi connectivity index (χ4n) is 10.8. The van der Waals surface area contributed by atoms with Crippen LogP contribution in [0.4, 0.5) is 4.79 Å². The van der Waals surface area contributed by atoms with E-state index in [1.54, 1.807) is 29.7 Å². The fraction of sp³-hybridized carbons (Fsp3) is 0.588.